The molecule has 1 aromatic carbocycles. The highest BCUT2D eigenvalue weighted by atomic mass is 79.9. The van der Waals surface area contributed by atoms with Gasteiger partial charge in [-0.05, 0) is 39.7 Å². The van der Waals surface area contributed by atoms with Crippen LogP contribution in [0.5, 0.6) is 5.75 Å². The van der Waals surface area contributed by atoms with Gasteiger partial charge in [0.1, 0.15) is 12.4 Å². The number of rotatable bonds is 6. The first kappa shape index (κ1) is 17.6. The van der Waals surface area contributed by atoms with E-state index in [0.717, 1.165) is 21.3 Å². The molecule has 7 heteroatoms. The van der Waals surface area contributed by atoms with Crippen molar-refractivity contribution in [2.24, 2.45) is 0 Å². The highest BCUT2D eigenvalue weighted by Crippen LogP contribution is 2.42. The van der Waals surface area contributed by atoms with E-state index in [1.807, 2.05) is 24.3 Å². The second-order valence-corrected chi connectivity index (χ2v) is 8.23. The van der Waals surface area contributed by atoms with Crippen LogP contribution in [0, 0.1) is 0 Å². The fraction of sp³-hybridized carbons (Fsp3) is 0.286. The van der Waals surface area contributed by atoms with Crippen LogP contribution in [0.2, 0.25) is 8.67 Å². The molecule has 0 radical (unpaired) electrons. The first-order valence-corrected chi connectivity index (χ1v) is 9.31. The van der Waals surface area contributed by atoms with E-state index in [9.17, 15) is 0 Å². The van der Waals surface area contributed by atoms with Gasteiger partial charge in [0.2, 0.25) is 0 Å². The van der Waals surface area contributed by atoms with E-state index < -0.39 is 0 Å². The molecule has 114 valence electrons. The maximum absolute atomic E-state index is 6.20. The summed E-state index contributed by atoms with van der Waals surface area (Å²) in [5.41, 5.74) is 2.03. The molecule has 0 N–H and O–H groups in total. The molecule has 0 fully saturated rings. The number of hydrogen-bond donors (Lipinski definition) is 0. The van der Waals surface area contributed by atoms with Gasteiger partial charge in [0.05, 0.1) is 24.6 Å². The summed E-state index contributed by atoms with van der Waals surface area (Å²) in [7, 11) is 1.65. The van der Waals surface area contributed by atoms with Gasteiger partial charge >= 0.3 is 0 Å². The minimum Gasteiger partial charge on any atom is -0.490 e. The molecule has 2 rings (SSSR count). The summed E-state index contributed by atoms with van der Waals surface area (Å²) >= 11 is 20.7. The summed E-state index contributed by atoms with van der Waals surface area (Å²) in [4.78, 5) is -0.0157. The summed E-state index contributed by atoms with van der Waals surface area (Å²) in [5, 5.41) is 0. The van der Waals surface area contributed by atoms with Gasteiger partial charge in [0.15, 0.2) is 0 Å². The van der Waals surface area contributed by atoms with Crippen LogP contribution in [0.4, 0.5) is 0 Å². The molecule has 21 heavy (non-hydrogen) atoms. The van der Waals surface area contributed by atoms with Crippen LogP contribution in [0.25, 0.3) is 0 Å². The highest BCUT2D eigenvalue weighted by Gasteiger charge is 2.18. The monoisotopic (exact) mass is 472 g/mol. The van der Waals surface area contributed by atoms with Crippen molar-refractivity contribution in [3.8, 4) is 5.75 Å². The maximum atomic E-state index is 6.20. The summed E-state index contributed by atoms with van der Waals surface area (Å²) in [5.74, 6) is 0.782. The molecule has 0 spiro atoms. The van der Waals surface area contributed by atoms with Crippen molar-refractivity contribution in [1.82, 2.24) is 0 Å². The molecule has 1 aromatic heterocycles. The summed E-state index contributed by atoms with van der Waals surface area (Å²) in [6.07, 6.45) is 0. The van der Waals surface area contributed by atoms with E-state index in [0.29, 0.717) is 21.9 Å². The van der Waals surface area contributed by atoms with E-state index in [1.54, 1.807) is 7.11 Å². The van der Waals surface area contributed by atoms with E-state index >= 15 is 0 Å². The van der Waals surface area contributed by atoms with Crippen LogP contribution in [0.1, 0.15) is 16.0 Å². The van der Waals surface area contributed by atoms with Crippen molar-refractivity contribution in [2.75, 3.05) is 20.3 Å². The first-order chi connectivity index (χ1) is 10.0. The van der Waals surface area contributed by atoms with Gasteiger partial charge in [0, 0.05) is 12.7 Å². The van der Waals surface area contributed by atoms with Crippen LogP contribution >= 0.6 is 66.4 Å². The molecule has 2 aromatic rings. The molecule has 0 bridgehead atoms. The second-order valence-electron chi connectivity index (χ2n) is 4.17. The third-order valence-electron chi connectivity index (χ3n) is 2.75. The Kier molecular flexibility index (Phi) is 6.84. The van der Waals surface area contributed by atoms with Crippen molar-refractivity contribution in [1.29, 1.82) is 0 Å². The Morgan fingerprint density at radius 1 is 1.24 bits per heavy atom. The fourth-order valence-electron chi connectivity index (χ4n) is 1.73. The molecular formula is C14H12Br2Cl2O2S. The molecule has 0 saturated carbocycles. The van der Waals surface area contributed by atoms with E-state index in [-0.39, 0.29) is 4.83 Å². The van der Waals surface area contributed by atoms with Gasteiger partial charge in [0.25, 0.3) is 0 Å². The topological polar surface area (TPSA) is 18.5 Å². The zero-order chi connectivity index (χ0) is 15.4. The number of methoxy groups -OCH3 is 1. The Balaban J connectivity index is 2.17. The Morgan fingerprint density at radius 2 is 2.00 bits per heavy atom. The Morgan fingerprint density at radius 3 is 2.57 bits per heavy atom. The normalized spacial score (nSPS) is 12.4. The Hall–Kier alpha value is 0.220. The highest BCUT2D eigenvalue weighted by molar-refractivity contribution is 9.10. The number of alkyl halides is 1. The van der Waals surface area contributed by atoms with Gasteiger partial charge in [-0.3, -0.25) is 0 Å². The van der Waals surface area contributed by atoms with Gasteiger partial charge in [-0.25, -0.2) is 0 Å². The molecule has 0 saturated heterocycles. The second kappa shape index (κ2) is 8.18. The molecule has 0 aliphatic rings. The number of thiophene rings is 1. The molecule has 1 atom stereocenters. The lowest BCUT2D eigenvalue weighted by Gasteiger charge is -2.13. The average molecular weight is 475 g/mol. The Bertz CT molecular complexity index is 619. The van der Waals surface area contributed by atoms with E-state index in [2.05, 4.69) is 31.9 Å². The minimum absolute atomic E-state index is 0.0157. The zero-order valence-corrected chi connectivity index (χ0v) is 16.5. The van der Waals surface area contributed by atoms with Crippen LogP contribution in [0.15, 0.2) is 28.7 Å². The predicted octanol–water partition coefficient (Wildman–Crippen LogP) is 6.33. The molecule has 2 nitrogen and oxygen atoms in total. The SMILES string of the molecule is COCCOc1ccc(C(Br)c2cc(Cl)sc2Cl)cc1Br. The summed E-state index contributed by atoms with van der Waals surface area (Å²) < 4.78 is 12.8. The molecule has 1 heterocycles. The van der Waals surface area contributed by atoms with Crippen LogP contribution < -0.4 is 4.74 Å². The molecule has 0 aliphatic heterocycles. The van der Waals surface area contributed by atoms with Crippen molar-refractivity contribution < 1.29 is 9.47 Å². The van der Waals surface area contributed by atoms with Gasteiger partial charge in [-0.2, -0.15) is 0 Å². The van der Waals surface area contributed by atoms with Gasteiger partial charge in [-0.15, -0.1) is 11.3 Å². The lowest BCUT2D eigenvalue weighted by molar-refractivity contribution is 0.146. The smallest absolute Gasteiger partial charge is 0.133 e. The number of halogens is 4. The van der Waals surface area contributed by atoms with Crippen LogP contribution in [-0.2, 0) is 4.74 Å². The predicted molar refractivity (Wildman–Crippen MR) is 96.6 cm³/mol. The van der Waals surface area contributed by atoms with Crippen molar-refractivity contribution in [2.45, 2.75) is 4.83 Å². The lowest BCUT2D eigenvalue weighted by Crippen LogP contribution is -2.04. The van der Waals surface area contributed by atoms with Crippen molar-refractivity contribution in [3.63, 3.8) is 0 Å². The van der Waals surface area contributed by atoms with Crippen molar-refractivity contribution >= 4 is 66.4 Å². The number of benzene rings is 1. The van der Waals surface area contributed by atoms with E-state index in [1.165, 1.54) is 11.3 Å². The van der Waals surface area contributed by atoms with Crippen LogP contribution in [0.3, 0.4) is 0 Å². The van der Waals surface area contributed by atoms with E-state index in [4.69, 9.17) is 32.7 Å². The average Bonchev–Trinajstić information content (AvgIpc) is 2.79. The number of ether oxygens (including phenoxy) is 2. The number of hydrogen-bond acceptors (Lipinski definition) is 3. The summed E-state index contributed by atoms with van der Waals surface area (Å²) in [6.45, 7) is 1.07. The fourth-order valence-corrected chi connectivity index (χ4v) is 4.70. The van der Waals surface area contributed by atoms with Gasteiger partial charge < -0.3 is 9.47 Å². The van der Waals surface area contributed by atoms with Crippen molar-refractivity contribution in [3.05, 3.63) is 48.5 Å². The quantitative estimate of drug-likeness (QED) is 0.360. The zero-order valence-electron chi connectivity index (χ0n) is 11.0. The standard InChI is InChI=1S/C14H12Br2Cl2O2S/c1-19-4-5-20-11-3-2-8(6-10(11)15)13(16)9-7-12(17)21-14(9)18/h2-3,6-7,13H,4-5H2,1H3. The summed E-state index contributed by atoms with van der Waals surface area (Å²) in [6, 6.07) is 7.80. The third-order valence-corrected chi connectivity index (χ3v) is 5.91. The molecule has 0 amide bonds. The third kappa shape index (κ3) is 4.60. The molecular weight excluding hydrogens is 463 g/mol. The maximum Gasteiger partial charge on any atom is 0.133 e. The van der Waals surface area contributed by atoms with Crippen LogP contribution in [-0.4, -0.2) is 20.3 Å². The Labute approximate surface area is 154 Å². The first-order valence-electron chi connectivity index (χ1n) is 6.03. The molecule has 1 unspecified atom stereocenters. The molecule has 0 aliphatic carbocycles. The lowest BCUT2D eigenvalue weighted by atomic mass is 10.1. The minimum atomic E-state index is -0.0157. The van der Waals surface area contributed by atoms with Gasteiger partial charge in [-0.1, -0.05) is 45.2 Å². The largest absolute Gasteiger partial charge is 0.490 e.